The first-order valence-electron chi connectivity index (χ1n) is 8.18. The Morgan fingerprint density at radius 1 is 1.21 bits per heavy atom. The van der Waals surface area contributed by atoms with Gasteiger partial charge in [0.15, 0.2) is 0 Å². The normalized spacial score (nSPS) is 23.9. The average molecular weight is 268 g/mol. The summed E-state index contributed by atoms with van der Waals surface area (Å²) in [4.78, 5) is 14.7. The lowest BCUT2D eigenvalue weighted by Crippen LogP contribution is -2.52. The molecule has 1 N–H and O–H groups in total. The van der Waals surface area contributed by atoms with Crippen LogP contribution in [0.25, 0.3) is 0 Å². The maximum Gasteiger partial charge on any atom is 0.225 e. The van der Waals surface area contributed by atoms with Crippen molar-refractivity contribution in [2.24, 2.45) is 11.8 Å². The predicted octanol–water partition coefficient (Wildman–Crippen LogP) is 3.05. The molecule has 0 aromatic heterocycles. The number of hydrogen-bond donors (Lipinski definition) is 1. The van der Waals surface area contributed by atoms with E-state index >= 15 is 0 Å². The molecule has 1 aliphatic heterocycles. The molecule has 0 aromatic rings. The van der Waals surface area contributed by atoms with Gasteiger partial charge in [0, 0.05) is 25.0 Å². The van der Waals surface area contributed by atoms with E-state index in [2.05, 4.69) is 37.9 Å². The fourth-order valence-electron chi connectivity index (χ4n) is 3.07. The topological polar surface area (TPSA) is 32.3 Å². The number of hydrogen-bond acceptors (Lipinski definition) is 2. The molecule has 112 valence electrons. The van der Waals surface area contributed by atoms with E-state index in [1.54, 1.807) is 0 Å². The molecule has 3 heteroatoms. The summed E-state index contributed by atoms with van der Waals surface area (Å²) in [5, 5.41) is 3.60. The Kier molecular flexibility index (Phi) is 7.44. The second-order valence-electron chi connectivity index (χ2n) is 5.92. The maximum atomic E-state index is 12.5. The molecule has 1 heterocycles. The van der Waals surface area contributed by atoms with Gasteiger partial charge in [0.1, 0.15) is 0 Å². The lowest BCUT2D eigenvalue weighted by atomic mass is 9.90. The Bertz CT molecular complexity index is 263. The van der Waals surface area contributed by atoms with Crippen molar-refractivity contribution in [1.29, 1.82) is 0 Å². The Morgan fingerprint density at radius 3 is 2.42 bits per heavy atom. The SMILES string of the molecule is CCCNC1CC(CC)CN(C(=O)C(CC)CC)C1. The quantitative estimate of drug-likeness (QED) is 0.769. The van der Waals surface area contributed by atoms with Crippen LogP contribution in [-0.2, 0) is 4.79 Å². The predicted molar refractivity (Wildman–Crippen MR) is 81.1 cm³/mol. The van der Waals surface area contributed by atoms with E-state index in [0.29, 0.717) is 17.9 Å². The molecule has 3 nitrogen and oxygen atoms in total. The average Bonchev–Trinajstić information content (AvgIpc) is 2.45. The molecule has 1 saturated heterocycles. The van der Waals surface area contributed by atoms with Gasteiger partial charge in [0.25, 0.3) is 0 Å². The summed E-state index contributed by atoms with van der Waals surface area (Å²) in [6.45, 7) is 11.6. The van der Waals surface area contributed by atoms with Gasteiger partial charge in [0.2, 0.25) is 5.91 Å². The van der Waals surface area contributed by atoms with Crippen LogP contribution in [0.15, 0.2) is 0 Å². The number of carbonyl (C=O) groups excluding carboxylic acids is 1. The fraction of sp³-hybridized carbons (Fsp3) is 0.938. The zero-order valence-electron chi connectivity index (χ0n) is 13.2. The molecule has 0 spiro atoms. The standard InChI is InChI=1S/C16H32N2O/c1-5-9-17-15-10-13(6-2)11-18(12-15)16(19)14(7-3)8-4/h13-15,17H,5-12H2,1-4H3. The van der Waals surface area contributed by atoms with Gasteiger partial charge >= 0.3 is 0 Å². The number of likely N-dealkylation sites (tertiary alicyclic amines) is 1. The molecule has 0 aliphatic carbocycles. The van der Waals surface area contributed by atoms with E-state index in [1.807, 2.05) is 0 Å². The molecular weight excluding hydrogens is 236 g/mol. The minimum absolute atomic E-state index is 0.224. The van der Waals surface area contributed by atoms with Crippen LogP contribution < -0.4 is 5.32 Å². The zero-order valence-corrected chi connectivity index (χ0v) is 13.2. The van der Waals surface area contributed by atoms with Gasteiger partial charge in [-0.05, 0) is 38.1 Å². The van der Waals surface area contributed by atoms with Crippen LogP contribution in [0.4, 0.5) is 0 Å². The van der Waals surface area contributed by atoms with Gasteiger partial charge in [-0.25, -0.2) is 0 Å². The van der Waals surface area contributed by atoms with Gasteiger partial charge in [-0.2, -0.15) is 0 Å². The van der Waals surface area contributed by atoms with Gasteiger partial charge in [-0.1, -0.05) is 34.1 Å². The molecule has 19 heavy (non-hydrogen) atoms. The molecular formula is C16H32N2O. The van der Waals surface area contributed by atoms with Crippen molar-refractivity contribution >= 4 is 5.91 Å². The highest BCUT2D eigenvalue weighted by Crippen LogP contribution is 2.23. The van der Waals surface area contributed by atoms with Crippen LogP contribution in [0.1, 0.15) is 59.8 Å². The number of rotatable bonds is 7. The number of piperidine rings is 1. The van der Waals surface area contributed by atoms with Gasteiger partial charge in [-0.15, -0.1) is 0 Å². The molecule has 0 bridgehead atoms. The van der Waals surface area contributed by atoms with Crippen LogP contribution in [0.5, 0.6) is 0 Å². The number of carbonyl (C=O) groups is 1. The smallest absolute Gasteiger partial charge is 0.225 e. The summed E-state index contributed by atoms with van der Waals surface area (Å²) in [7, 11) is 0. The molecule has 1 fully saturated rings. The van der Waals surface area contributed by atoms with E-state index in [0.717, 1.165) is 38.9 Å². The Balaban J connectivity index is 2.62. The number of nitrogens with one attached hydrogen (secondary N) is 1. The third kappa shape index (κ3) is 4.79. The van der Waals surface area contributed by atoms with E-state index in [4.69, 9.17) is 0 Å². The lowest BCUT2D eigenvalue weighted by molar-refractivity contribution is -0.138. The molecule has 0 saturated carbocycles. The third-order valence-electron chi connectivity index (χ3n) is 4.44. The molecule has 2 unspecified atom stereocenters. The van der Waals surface area contributed by atoms with Crippen molar-refractivity contribution in [2.75, 3.05) is 19.6 Å². The van der Waals surface area contributed by atoms with E-state index in [1.165, 1.54) is 12.8 Å². The highest BCUT2D eigenvalue weighted by molar-refractivity contribution is 5.78. The van der Waals surface area contributed by atoms with Crippen molar-refractivity contribution in [3.8, 4) is 0 Å². The number of amides is 1. The van der Waals surface area contributed by atoms with Crippen molar-refractivity contribution in [2.45, 2.75) is 65.8 Å². The summed E-state index contributed by atoms with van der Waals surface area (Å²) < 4.78 is 0. The van der Waals surface area contributed by atoms with Gasteiger partial charge < -0.3 is 10.2 Å². The summed E-state index contributed by atoms with van der Waals surface area (Å²) in [5.41, 5.74) is 0. The Morgan fingerprint density at radius 2 is 1.89 bits per heavy atom. The highest BCUT2D eigenvalue weighted by atomic mass is 16.2. The molecule has 1 rings (SSSR count). The number of nitrogens with zero attached hydrogens (tertiary/aromatic N) is 1. The summed E-state index contributed by atoms with van der Waals surface area (Å²) in [5.74, 6) is 1.27. The summed E-state index contributed by atoms with van der Waals surface area (Å²) in [6, 6.07) is 0.497. The minimum atomic E-state index is 0.224. The van der Waals surface area contributed by atoms with Crippen LogP contribution in [0, 0.1) is 11.8 Å². The van der Waals surface area contributed by atoms with Crippen molar-refractivity contribution in [3.05, 3.63) is 0 Å². The Labute approximate surface area is 119 Å². The van der Waals surface area contributed by atoms with Crippen LogP contribution >= 0.6 is 0 Å². The molecule has 1 aliphatic rings. The van der Waals surface area contributed by atoms with Gasteiger partial charge in [0.05, 0.1) is 0 Å². The molecule has 1 amide bonds. The summed E-state index contributed by atoms with van der Waals surface area (Å²) >= 11 is 0. The lowest BCUT2D eigenvalue weighted by Gasteiger charge is -2.39. The zero-order chi connectivity index (χ0) is 14.3. The highest BCUT2D eigenvalue weighted by Gasteiger charge is 2.31. The summed E-state index contributed by atoms with van der Waals surface area (Å²) in [6.07, 6.45) is 5.50. The monoisotopic (exact) mass is 268 g/mol. The fourth-order valence-corrected chi connectivity index (χ4v) is 3.07. The third-order valence-corrected chi connectivity index (χ3v) is 4.44. The molecule has 0 aromatic carbocycles. The maximum absolute atomic E-state index is 12.5. The molecule has 2 atom stereocenters. The largest absolute Gasteiger partial charge is 0.341 e. The minimum Gasteiger partial charge on any atom is -0.341 e. The second-order valence-corrected chi connectivity index (χ2v) is 5.92. The van der Waals surface area contributed by atoms with Gasteiger partial charge in [-0.3, -0.25) is 4.79 Å². The van der Waals surface area contributed by atoms with Crippen molar-refractivity contribution in [1.82, 2.24) is 10.2 Å². The first kappa shape index (κ1) is 16.5. The first-order chi connectivity index (χ1) is 9.15. The molecule has 0 radical (unpaired) electrons. The van der Waals surface area contributed by atoms with Crippen LogP contribution in [0.2, 0.25) is 0 Å². The Hall–Kier alpha value is -0.570. The second kappa shape index (κ2) is 8.57. The van der Waals surface area contributed by atoms with E-state index < -0.39 is 0 Å². The van der Waals surface area contributed by atoms with Crippen LogP contribution in [-0.4, -0.2) is 36.5 Å². The first-order valence-corrected chi connectivity index (χ1v) is 8.18. The van der Waals surface area contributed by atoms with Crippen molar-refractivity contribution < 1.29 is 4.79 Å². The van der Waals surface area contributed by atoms with E-state index in [-0.39, 0.29) is 5.92 Å². The van der Waals surface area contributed by atoms with E-state index in [9.17, 15) is 4.79 Å². The van der Waals surface area contributed by atoms with Crippen LogP contribution in [0.3, 0.4) is 0 Å². The van der Waals surface area contributed by atoms with Crippen molar-refractivity contribution in [3.63, 3.8) is 0 Å².